The van der Waals surface area contributed by atoms with E-state index in [1.54, 1.807) is 18.2 Å². The van der Waals surface area contributed by atoms with Crippen LogP contribution in [0.3, 0.4) is 0 Å². The Bertz CT molecular complexity index is 1040. The van der Waals surface area contributed by atoms with Crippen LogP contribution in [0.1, 0.15) is 40.9 Å². The Balaban J connectivity index is 1.52. The number of morpholine rings is 1. The third-order valence-corrected chi connectivity index (χ3v) is 5.62. The Hall–Kier alpha value is -3.40. The van der Waals surface area contributed by atoms with Crippen molar-refractivity contribution < 1.29 is 19.1 Å². The molecule has 0 aromatic heterocycles. The van der Waals surface area contributed by atoms with Crippen molar-refractivity contribution in [2.45, 2.75) is 26.4 Å². The van der Waals surface area contributed by atoms with E-state index in [0.29, 0.717) is 5.56 Å². The molecule has 2 aromatic rings. The van der Waals surface area contributed by atoms with Crippen LogP contribution in [-0.2, 0) is 20.8 Å². The first-order chi connectivity index (χ1) is 16.5. The fourth-order valence-corrected chi connectivity index (χ4v) is 3.57. The second kappa shape index (κ2) is 12.7. The Kier molecular flexibility index (Phi) is 9.45. The Morgan fingerprint density at radius 1 is 1.09 bits per heavy atom. The summed E-state index contributed by atoms with van der Waals surface area (Å²) in [6.07, 6.45) is 3.69. The Morgan fingerprint density at radius 2 is 1.76 bits per heavy atom. The van der Waals surface area contributed by atoms with Gasteiger partial charge in [0.05, 0.1) is 20.3 Å². The van der Waals surface area contributed by atoms with Crippen molar-refractivity contribution in [2.75, 3.05) is 33.4 Å². The van der Waals surface area contributed by atoms with Crippen LogP contribution >= 0.6 is 0 Å². The number of rotatable bonds is 7. The van der Waals surface area contributed by atoms with E-state index in [2.05, 4.69) is 34.2 Å². The summed E-state index contributed by atoms with van der Waals surface area (Å²) in [5.41, 5.74) is 3.65. The van der Waals surface area contributed by atoms with E-state index in [1.165, 1.54) is 12.7 Å². The fourth-order valence-electron chi connectivity index (χ4n) is 3.57. The zero-order chi connectivity index (χ0) is 24.3. The lowest BCUT2D eigenvalue weighted by atomic mass is 10.0. The summed E-state index contributed by atoms with van der Waals surface area (Å²) < 4.78 is 10.2. The molecule has 0 bridgehead atoms. The van der Waals surface area contributed by atoms with E-state index >= 15 is 0 Å². The van der Waals surface area contributed by atoms with Gasteiger partial charge in [0, 0.05) is 30.8 Å². The summed E-state index contributed by atoms with van der Waals surface area (Å²) in [4.78, 5) is 26.7. The summed E-state index contributed by atoms with van der Waals surface area (Å²) in [5, 5.41) is 2.74. The molecule has 1 N–H and O–H groups in total. The number of carbonyl (C=O) groups excluding carboxylic acids is 2. The molecule has 1 aliphatic heterocycles. The maximum atomic E-state index is 12.5. The highest BCUT2D eigenvalue weighted by molar-refractivity contribution is 5.97. The van der Waals surface area contributed by atoms with E-state index < -0.39 is 12.0 Å². The molecule has 6 heteroatoms. The molecule has 0 spiro atoms. The van der Waals surface area contributed by atoms with Gasteiger partial charge in [-0.15, -0.1) is 0 Å². The lowest BCUT2D eigenvalue weighted by molar-refractivity contribution is -0.144. The number of benzene rings is 2. The number of ether oxygens (including phenoxy) is 2. The van der Waals surface area contributed by atoms with Crippen molar-refractivity contribution in [3.8, 4) is 11.8 Å². The van der Waals surface area contributed by atoms with Gasteiger partial charge in [0.2, 0.25) is 0 Å². The number of allylic oxidation sites excluding steroid dienone is 1. The van der Waals surface area contributed by atoms with Crippen LogP contribution in [0.4, 0.5) is 0 Å². The van der Waals surface area contributed by atoms with Gasteiger partial charge in [0.1, 0.15) is 6.04 Å². The molecule has 0 aliphatic carbocycles. The lowest BCUT2D eigenvalue weighted by Gasteiger charge is -2.26. The van der Waals surface area contributed by atoms with Gasteiger partial charge in [0.25, 0.3) is 5.91 Å². The third-order valence-electron chi connectivity index (χ3n) is 5.62. The maximum absolute atomic E-state index is 12.5. The molecule has 1 aliphatic rings. The van der Waals surface area contributed by atoms with Crippen molar-refractivity contribution >= 4 is 18.0 Å². The predicted octanol–water partition coefficient (Wildman–Crippen LogP) is 3.51. The van der Waals surface area contributed by atoms with E-state index in [-0.39, 0.29) is 11.8 Å². The molecule has 1 saturated heterocycles. The van der Waals surface area contributed by atoms with E-state index in [0.717, 1.165) is 44.0 Å². The minimum atomic E-state index is -0.680. The van der Waals surface area contributed by atoms with Crippen LogP contribution in [-0.4, -0.2) is 56.2 Å². The number of carbonyl (C=O) groups is 2. The third kappa shape index (κ3) is 7.58. The maximum Gasteiger partial charge on any atom is 0.328 e. The molecule has 0 saturated carbocycles. The van der Waals surface area contributed by atoms with E-state index in [9.17, 15) is 9.59 Å². The van der Waals surface area contributed by atoms with Crippen molar-refractivity contribution in [3.05, 3.63) is 76.9 Å². The number of hydrogen-bond donors (Lipinski definition) is 1. The molecule has 0 radical (unpaired) electrons. The van der Waals surface area contributed by atoms with Gasteiger partial charge in [-0.05, 0) is 53.5 Å². The second-order valence-corrected chi connectivity index (χ2v) is 8.53. The first-order valence-electron chi connectivity index (χ1n) is 11.5. The lowest BCUT2D eigenvalue weighted by Crippen LogP contribution is -2.45. The average molecular weight is 461 g/mol. The van der Waals surface area contributed by atoms with Gasteiger partial charge in [-0.2, -0.15) is 0 Å². The molecule has 34 heavy (non-hydrogen) atoms. The van der Waals surface area contributed by atoms with Crippen molar-refractivity contribution in [1.82, 2.24) is 10.2 Å². The SMILES string of the molecule is COC(=O)C(NC(=O)c1ccc(/C=C/C#Cc2ccc(CN3CCOCC3)cc2)cc1)C(C)C. The standard InChI is InChI=1S/C28H32N2O4/c1-21(2)26(28(32)33-3)29-27(31)25-14-12-23(13-15-25)7-5-4-6-22-8-10-24(11-9-22)20-30-16-18-34-19-17-30/h5,7-15,21,26H,16-20H2,1-3H3,(H,29,31)/b7-5+. The molecular formula is C28H32N2O4. The normalized spacial score (nSPS) is 14.9. The highest BCUT2D eigenvalue weighted by Crippen LogP contribution is 2.10. The number of amides is 1. The summed E-state index contributed by atoms with van der Waals surface area (Å²) in [6, 6.07) is 14.8. The predicted molar refractivity (Wildman–Crippen MR) is 133 cm³/mol. The molecule has 1 fully saturated rings. The highest BCUT2D eigenvalue weighted by Gasteiger charge is 2.25. The average Bonchev–Trinajstić information content (AvgIpc) is 2.86. The summed E-state index contributed by atoms with van der Waals surface area (Å²) in [6.45, 7) is 8.21. The number of methoxy groups -OCH3 is 1. The zero-order valence-corrected chi connectivity index (χ0v) is 20.0. The Labute approximate surface area is 201 Å². The molecule has 178 valence electrons. The molecular weight excluding hydrogens is 428 g/mol. The minimum absolute atomic E-state index is 0.0712. The van der Waals surface area contributed by atoms with Crippen LogP contribution in [0, 0.1) is 17.8 Å². The van der Waals surface area contributed by atoms with Gasteiger partial charge in [-0.3, -0.25) is 9.69 Å². The molecule has 2 aromatic carbocycles. The summed E-state index contributed by atoms with van der Waals surface area (Å²) >= 11 is 0. The quantitative estimate of drug-likeness (QED) is 0.506. The van der Waals surface area contributed by atoms with Gasteiger partial charge in [-0.1, -0.05) is 50.0 Å². The van der Waals surface area contributed by atoms with Gasteiger partial charge < -0.3 is 14.8 Å². The fraction of sp³-hybridized carbons (Fsp3) is 0.357. The monoisotopic (exact) mass is 460 g/mol. The number of hydrogen-bond acceptors (Lipinski definition) is 5. The van der Waals surface area contributed by atoms with Crippen LogP contribution in [0.25, 0.3) is 6.08 Å². The van der Waals surface area contributed by atoms with E-state index in [1.807, 2.05) is 44.2 Å². The largest absolute Gasteiger partial charge is 0.467 e. The summed E-state index contributed by atoms with van der Waals surface area (Å²) in [7, 11) is 1.32. The molecule has 6 nitrogen and oxygen atoms in total. The first kappa shape index (κ1) is 25.2. The number of nitrogens with one attached hydrogen (secondary N) is 1. The number of esters is 1. The van der Waals surface area contributed by atoms with Crippen LogP contribution in [0.15, 0.2) is 54.6 Å². The Morgan fingerprint density at radius 3 is 2.38 bits per heavy atom. The summed E-state index contributed by atoms with van der Waals surface area (Å²) in [5.74, 6) is 5.37. The number of nitrogens with zero attached hydrogens (tertiary/aromatic N) is 1. The van der Waals surface area contributed by atoms with Crippen molar-refractivity contribution in [2.24, 2.45) is 5.92 Å². The van der Waals surface area contributed by atoms with Crippen LogP contribution in [0.5, 0.6) is 0 Å². The molecule has 1 amide bonds. The van der Waals surface area contributed by atoms with E-state index in [4.69, 9.17) is 9.47 Å². The second-order valence-electron chi connectivity index (χ2n) is 8.53. The highest BCUT2D eigenvalue weighted by atomic mass is 16.5. The van der Waals surface area contributed by atoms with Gasteiger partial charge in [0.15, 0.2) is 0 Å². The molecule has 1 atom stereocenters. The minimum Gasteiger partial charge on any atom is -0.467 e. The van der Waals surface area contributed by atoms with Crippen LogP contribution < -0.4 is 5.32 Å². The first-order valence-corrected chi connectivity index (χ1v) is 11.5. The van der Waals surface area contributed by atoms with Crippen molar-refractivity contribution in [3.63, 3.8) is 0 Å². The van der Waals surface area contributed by atoms with Crippen LogP contribution in [0.2, 0.25) is 0 Å². The van der Waals surface area contributed by atoms with Gasteiger partial charge >= 0.3 is 5.97 Å². The van der Waals surface area contributed by atoms with Crippen molar-refractivity contribution in [1.29, 1.82) is 0 Å². The zero-order valence-electron chi connectivity index (χ0n) is 20.0. The molecule has 1 unspecified atom stereocenters. The smallest absolute Gasteiger partial charge is 0.328 e. The molecule has 1 heterocycles. The molecule has 3 rings (SSSR count). The van der Waals surface area contributed by atoms with Gasteiger partial charge in [-0.25, -0.2) is 4.79 Å². The topological polar surface area (TPSA) is 67.9 Å².